The number of anilines is 2. The summed E-state index contributed by atoms with van der Waals surface area (Å²) >= 11 is 11.3. The summed E-state index contributed by atoms with van der Waals surface area (Å²) in [7, 11) is 0. The SMILES string of the molecule is CC(=O)Nc1ccc(Cl)cc1NC(=O)CCn1c(-c2ccc(C)cc2)n[nH]c1=S. The van der Waals surface area contributed by atoms with Gasteiger partial charge in [0.25, 0.3) is 0 Å². The monoisotopic (exact) mass is 429 g/mol. The van der Waals surface area contributed by atoms with Crippen LogP contribution in [-0.4, -0.2) is 26.6 Å². The van der Waals surface area contributed by atoms with Gasteiger partial charge in [-0.25, -0.2) is 0 Å². The number of nitrogens with zero attached hydrogens (tertiary/aromatic N) is 2. The van der Waals surface area contributed by atoms with Crippen molar-refractivity contribution in [3.05, 3.63) is 57.8 Å². The van der Waals surface area contributed by atoms with Crippen molar-refractivity contribution in [3.63, 3.8) is 0 Å². The van der Waals surface area contributed by atoms with Crippen LogP contribution in [0.2, 0.25) is 5.02 Å². The van der Waals surface area contributed by atoms with Gasteiger partial charge in [-0.15, -0.1) is 0 Å². The average Bonchev–Trinajstić information content (AvgIpc) is 3.03. The maximum absolute atomic E-state index is 12.5. The first-order valence-electron chi connectivity index (χ1n) is 8.92. The first-order chi connectivity index (χ1) is 13.8. The largest absolute Gasteiger partial charge is 0.325 e. The second-order valence-corrected chi connectivity index (χ2v) is 7.36. The highest BCUT2D eigenvalue weighted by atomic mass is 35.5. The van der Waals surface area contributed by atoms with Gasteiger partial charge in [-0.1, -0.05) is 41.4 Å². The maximum atomic E-state index is 12.5. The van der Waals surface area contributed by atoms with Crippen LogP contribution in [0.3, 0.4) is 0 Å². The zero-order valence-corrected chi connectivity index (χ0v) is 17.5. The molecular formula is C20H20ClN5O2S. The number of carbonyl (C=O) groups excluding carboxylic acids is 2. The van der Waals surface area contributed by atoms with Gasteiger partial charge in [0.15, 0.2) is 10.6 Å². The number of amides is 2. The van der Waals surface area contributed by atoms with Gasteiger partial charge in [-0.2, -0.15) is 5.10 Å². The summed E-state index contributed by atoms with van der Waals surface area (Å²) in [6.45, 7) is 3.75. The van der Waals surface area contributed by atoms with Crippen LogP contribution < -0.4 is 10.6 Å². The normalized spacial score (nSPS) is 10.6. The fourth-order valence-corrected chi connectivity index (χ4v) is 3.19. The van der Waals surface area contributed by atoms with E-state index in [4.69, 9.17) is 23.8 Å². The number of hydrogen-bond donors (Lipinski definition) is 3. The lowest BCUT2D eigenvalue weighted by atomic mass is 10.1. The third-order valence-electron chi connectivity index (χ3n) is 4.20. The summed E-state index contributed by atoms with van der Waals surface area (Å²) in [6, 6.07) is 12.8. The molecule has 3 N–H and O–H groups in total. The van der Waals surface area contributed by atoms with E-state index in [-0.39, 0.29) is 18.2 Å². The minimum atomic E-state index is -0.240. The van der Waals surface area contributed by atoms with Crippen LogP contribution in [0.1, 0.15) is 18.9 Å². The topological polar surface area (TPSA) is 91.8 Å². The second-order valence-electron chi connectivity index (χ2n) is 6.54. The Bertz CT molecular complexity index is 1100. The number of H-pyrrole nitrogens is 1. The van der Waals surface area contributed by atoms with Gasteiger partial charge < -0.3 is 10.6 Å². The third kappa shape index (κ3) is 5.30. The summed E-state index contributed by atoms with van der Waals surface area (Å²) < 4.78 is 2.22. The van der Waals surface area contributed by atoms with Crippen LogP contribution in [0, 0.1) is 11.7 Å². The summed E-state index contributed by atoms with van der Waals surface area (Å²) in [5.74, 6) is 0.191. The minimum Gasteiger partial charge on any atom is -0.325 e. The molecule has 2 amide bonds. The number of aromatic nitrogens is 3. The van der Waals surface area contributed by atoms with Crippen LogP contribution in [0.15, 0.2) is 42.5 Å². The Morgan fingerprint density at radius 1 is 1.14 bits per heavy atom. The zero-order valence-electron chi connectivity index (χ0n) is 16.0. The summed E-state index contributed by atoms with van der Waals surface area (Å²) in [4.78, 5) is 23.9. The Balaban J connectivity index is 1.73. The molecule has 1 heterocycles. The first kappa shape index (κ1) is 20.8. The number of rotatable bonds is 6. The van der Waals surface area contributed by atoms with E-state index in [0.717, 1.165) is 11.1 Å². The van der Waals surface area contributed by atoms with Gasteiger partial charge in [0.05, 0.1) is 11.4 Å². The highest BCUT2D eigenvalue weighted by molar-refractivity contribution is 7.71. The number of hydrogen-bond acceptors (Lipinski definition) is 4. The van der Waals surface area contributed by atoms with Crippen molar-refractivity contribution in [1.82, 2.24) is 14.8 Å². The van der Waals surface area contributed by atoms with E-state index in [0.29, 0.717) is 33.5 Å². The van der Waals surface area contributed by atoms with Crippen LogP contribution >= 0.6 is 23.8 Å². The van der Waals surface area contributed by atoms with Crippen molar-refractivity contribution in [1.29, 1.82) is 0 Å². The molecule has 7 nitrogen and oxygen atoms in total. The summed E-state index contributed by atoms with van der Waals surface area (Å²) in [5, 5.41) is 13.0. The van der Waals surface area contributed by atoms with E-state index < -0.39 is 0 Å². The number of nitrogens with one attached hydrogen (secondary N) is 3. The molecule has 0 aliphatic carbocycles. The quantitative estimate of drug-likeness (QED) is 0.501. The molecule has 0 fully saturated rings. The number of carbonyl (C=O) groups is 2. The number of benzene rings is 2. The molecule has 0 atom stereocenters. The Hall–Kier alpha value is -2.97. The fourth-order valence-electron chi connectivity index (χ4n) is 2.79. The molecule has 3 aromatic rings. The molecule has 0 aliphatic heterocycles. The van der Waals surface area contributed by atoms with E-state index in [1.807, 2.05) is 31.2 Å². The van der Waals surface area contributed by atoms with Crippen molar-refractivity contribution in [3.8, 4) is 11.4 Å². The van der Waals surface area contributed by atoms with Gasteiger partial charge in [0.2, 0.25) is 11.8 Å². The Labute approximate surface area is 178 Å². The predicted molar refractivity (Wildman–Crippen MR) is 117 cm³/mol. The van der Waals surface area contributed by atoms with Crippen molar-refractivity contribution < 1.29 is 9.59 Å². The first-order valence-corrected chi connectivity index (χ1v) is 9.71. The fraction of sp³-hybridized carbons (Fsp3) is 0.200. The van der Waals surface area contributed by atoms with Gasteiger partial charge in [0, 0.05) is 30.5 Å². The Morgan fingerprint density at radius 2 is 1.86 bits per heavy atom. The molecular weight excluding hydrogens is 410 g/mol. The molecule has 0 saturated heterocycles. The van der Waals surface area contributed by atoms with Gasteiger partial charge >= 0.3 is 0 Å². The summed E-state index contributed by atoms with van der Waals surface area (Å²) in [6.07, 6.45) is 0.165. The van der Waals surface area contributed by atoms with Gasteiger partial charge in [0.1, 0.15) is 0 Å². The second kappa shape index (κ2) is 9.02. The van der Waals surface area contributed by atoms with Crippen LogP contribution in [-0.2, 0) is 16.1 Å². The van der Waals surface area contributed by atoms with E-state index >= 15 is 0 Å². The Morgan fingerprint density at radius 3 is 2.55 bits per heavy atom. The zero-order chi connectivity index (χ0) is 21.0. The third-order valence-corrected chi connectivity index (χ3v) is 4.74. The van der Waals surface area contributed by atoms with Crippen LogP contribution in [0.5, 0.6) is 0 Å². The van der Waals surface area contributed by atoms with E-state index in [1.165, 1.54) is 6.92 Å². The van der Waals surface area contributed by atoms with Crippen LogP contribution in [0.4, 0.5) is 11.4 Å². The van der Waals surface area contributed by atoms with Crippen molar-refractivity contribution >= 4 is 47.0 Å². The van der Waals surface area contributed by atoms with Crippen molar-refractivity contribution in [2.45, 2.75) is 26.8 Å². The molecule has 0 bridgehead atoms. The molecule has 0 saturated carbocycles. The van der Waals surface area contributed by atoms with Crippen molar-refractivity contribution in [2.75, 3.05) is 10.6 Å². The number of aryl methyl sites for hydroxylation is 1. The van der Waals surface area contributed by atoms with Gasteiger partial charge in [-0.3, -0.25) is 19.3 Å². The Kier molecular flexibility index (Phi) is 6.46. The molecule has 2 aromatic carbocycles. The van der Waals surface area contributed by atoms with E-state index in [9.17, 15) is 9.59 Å². The smallest absolute Gasteiger partial charge is 0.226 e. The summed E-state index contributed by atoms with van der Waals surface area (Å²) in [5.41, 5.74) is 2.97. The number of halogens is 1. The number of aromatic amines is 1. The van der Waals surface area contributed by atoms with Crippen LogP contribution in [0.25, 0.3) is 11.4 Å². The molecule has 3 rings (SSSR count). The molecule has 0 unspecified atom stereocenters. The molecule has 29 heavy (non-hydrogen) atoms. The lowest BCUT2D eigenvalue weighted by Gasteiger charge is -2.12. The van der Waals surface area contributed by atoms with Gasteiger partial charge in [-0.05, 0) is 37.3 Å². The predicted octanol–water partition coefficient (Wildman–Crippen LogP) is 4.56. The van der Waals surface area contributed by atoms with E-state index in [2.05, 4.69) is 20.8 Å². The van der Waals surface area contributed by atoms with E-state index in [1.54, 1.807) is 22.8 Å². The average molecular weight is 430 g/mol. The highest BCUT2D eigenvalue weighted by Gasteiger charge is 2.13. The lowest BCUT2D eigenvalue weighted by Crippen LogP contribution is -2.17. The van der Waals surface area contributed by atoms with Crippen molar-refractivity contribution in [2.24, 2.45) is 0 Å². The molecule has 0 spiro atoms. The lowest BCUT2D eigenvalue weighted by molar-refractivity contribution is -0.116. The molecule has 9 heteroatoms. The maximum Gasteiger partial charge on any atom is 0.226 e. The molecule has 1 aromatic heterocycles. The standard InChI is InChI=1S/C20H20ClN5O2S/c1-12-3-5-14(6-4-12)19-24-25-20(29)26(19)10-9-18(28)23-17-11-15(21)7-8-16(17)22-13(2)27/h3-8,11H,9-10H2,1-2H3,(H,22,27)(H,23,28)(H,25,29). The highest BCUT2D eigenvalue weighted by Crippen LogP contribution is 2.26. The molecule has 0 aliphatic rings. The minimum absolute atomic E-state index is 0.165. The molecule has 0 radical (unpaired) electrons. The molecule has 150 valence electrons.